The standard InChI is InChI=1S/C13H18N2O3/c1-9(10-4-6-14-7-5-10)15-8-11-2-3-12(18-11)13(16)17/h4-7,9,11-12,15H,2-3,8H2,1H3,(H,16,17)/t9-,11?,12?/m0/s1. The van der Waals surface area contributed by atoms with Crippen LogP contribution >= 0.6 is 0 Å². The Hall–Kier alpha value is -1.46. The van der Waals surface area contributed by atoms with Gasteiger partial charge >= 0.3 is 5.97 Å². The number of ether oxygens (including phenoxy) is 1. The van der Waals surface area contributed by atoms with E-state index in [0.717, 1.165) is 12.0 Å². The molecule has 5 nitrogen and oxygen atoms in total. The Bertz CT molecular complexity index is 396. The van der Waals surface area contributed by atoms with Crippen molar-refractivity contribution in [3.05, 3.63) is 30.1 Å². The van der Waals surface area contributed by atoms with Crippen molar-refractivity contribution >= 4 is 5.97 Å². The van der Waals surface area contributed by atoms with Gasteiger partial charge in [0.05, 0.1) is 6.10 Å². The van der Waals surface area contributed by atoms with E-state index in [2.05, 4.69) is 17.2 Å². The van der Waals surface area contributed by atoms with Gasteiger partial charge in [-0.15, -0.1) is 0 Å². The molecule has 98 valence electrons. The minimum absolute atomic E-state index is 0.00427. The van der Waals surface area contributed by atoms with E-state index in [-0.39, 0.29) is 12.1 Å². The van der Waals surface area contributed by atoms with Crippen LogP contribution in [0.5, 0.6) is 0 Å². The van der Waals surface area contributed by atoms with Crippen LogP contribution in [0.4, 0.5) is 0 Å². The maximum absolute atomic E-state index is 10.8. The molecule has 2 N–H and O–H groups in total. The lowest BCUT2D eigenvalue weighted by molar-refractivity contribution is -0.149. The molecule has 0 saturated carbocycles. The summed E-state index contributed by atoms with van der Waals surface area (Å²) in [6, 6.07) is 4.14. The summed E-state index contributed by atoms with van der Waals surface area (Å²) in [5.41, 5.74) is 1.16. The lowest BCUT2D eigenvalue weighted by atomic mass is 10.1. The van der Waals surface area contributed by atoms with Gasteiger partial charge in [-0.05, 0) is 37.5 Å². The number of rotatable bonds is 5. The number of pyridine rings is 1. The first kappa shape index (κ1) is 13.0. The molecule has 1 fully saturated rings. The lowest BCUT2D eigenvalue weighted by Gasteiger charge is -2.17. The highest BCUT2D eigenvalue weighted by Gasteiger charge is 2.30. The van der Waals surface area contributed by atoms with Gasteiger partial charge in [-0.3, -0.25) is 4.98 Å². The summed E-state index contributed by atoms with van der Waals surface area (Å²) >= 11 is 0. The Labute approximate surface area is 106 Å². The second-order valence-corrected chi connectivity index (χ2v) is 4.57. The third-order valence-corrected chi connectivity index (χ3v) is 3.24. The summed E-state index contributed by atoms with van der Waals surface area (Å²) in [6.07, 6.45) is 4.29. The Balaban J connectivity index is 1.77. The zero-order valence-electron chi connectivity index (χ0n) is 10.4. The molecule has 3 atom stereocenters. The van der Waals surface area contributed by atoms with Crippen molar-refractivity contribution in [1.29, 1.82) is 0 Å². The molecule has 2 heterocycles. The molecular weight excluding hydrogens is 232 g/mol. The molecule has 0 radical (unpaired) electrons. The summed E-state index contributed by atoms with van der Waals surface area (Å²) in [6.45, 7) is 2.74. The third kappa shape index (κ3) is 3.27. The third-order valence-electron chi connectivity index (χ3n) is 3.24. The fourth-order valence-corrected chi connectivity index (χ4v) is 2.12. The smallest absolute Gasteiger partial charge is 0.332 e. The highest BCUT2D eigenvalue weighted by molar-refractivity contribution is 5.72. The molecule has 18 heavy (non-hydrogen) atoms. The van der Waals surface area contributed by atoms with Gasteiger partial charge in [-0.1, -0.05) is 0 Å². The van der Waals surface area contributed by atoms with Crippen molar-refractivity contribution in [3.63, 3.8) is 0 Å². The van der Waals surface area contributed by atoms with Crippen molar-refractivity contribution in [3.8, 4) is 0 Å². The van der Waals surface area contributed by atoms with Crippen molar-refractivity contribution in [1.82, 2.24) is 10.3 Å². The van der Waals surface area contributed by atoms with E-state index >= 15 is 0 Å². The van der Waals surface area contributed by atoms with Gasteiger partial charge in [-0.25, -0.2) is 4.79 Å². The molecule has 0 aliphatic carbocycles. The van der Waals surface area contributed by atoms with Crippen LogP contribution < -0.4 is 5.32 Å². The zero-order chi connectivity index (χ0) is 13.0. The fraction of sp³-hybridized carbons (Fsp3) is 0.538. The van der Waals surface area contributed by atoms with E-state index < -0.39 is 12.1 Å². The van der Waals surface area contributed by atoms with Crippen molar-refractivity contribution in [2.24, 2.45) is 0 Å². The molecule has 1 aliphatic rings. The van der Waals surface area contributed by atoms with Crippen molar-refractivity contribution in [2.45, 2.75) is 38.0 Å². The molecule has 0 bridgehead atoms. The first-order chi connectivity index (χ1) is 8.66. The summed E-state index contributed by atoms with van der Waals surface area (Å²) in [5, 5.41) is 12.2. The van der Waals surface area contributed by atoms with Crippen molar-refractivity contribution < 1.29 is 14.6 Å². The van der Waals surface area contributed by atoms with Crippen molar-refractivity contribution in [2.75, 3.05) is 6.54 Å². The summed E-state index contributed by atoms with van der Waals surface area (Å²) < 4.78 is 5.43. The first-order valence-electron chi connectivity index (χ1n) is 6.18. The van der Waals surface area contributed by atoms with E-state index in [1.165, 1.54) is 0 Å². The average Bonchev–Trinajstić information content (AvgIpc) is 2.86. The molecule has 1 saturated heterocycles. The number of carboxylic acids is 1. The number of aliphatic carboxylic acids is 1. The maximum Gasteiger partial charge on any atom is 0.332 e. The minimum Gasteiger partial charge on any atom is -0.479 e. The van der Waals surface area contributed by atoms with E-state index in [9.17, 15) is 4.79 Å². The Morgan fingerprint density at radius 3 is 2.89 bits per heavy atom. The highest BCUT2D eigenvalue weighted by Crippen LogP contribution is 2.20. The molecule has 0 amide bonds. The molecule has 0 spiro atoms. The van der Waals surface area contributed by atoms with Gasteiger partial charge in [0.1, 0.15) is 0 Å². The fourth-order valence-electron chi connectivity index (χ4n) is 2.12. The van der Waals surface area contributed by atoms with Gasteiger partial charge in [-0.2, -0.15) is 0 Å². The van der Waals surface area contributed by atoms with Crippen LogP contribution in [0.25, 0.3) is 0 Å². The predicted molar refractivity (Wildman–Crippen MR) is 66.2 cm³/mol. The van der Waals surface area contributed by atoms with Gasteiger partial charge in [0.15, 0.2) is 6.10 Å². The van der Waals surface area contributed by atoms with Gasteiger partial charge < -0.3 is 15.2 Å². The molecule has 2 unspecified atom stereocenters. The second-order valence-electron chi connectivity index (χ2n) is 4.57. The predicted octanol–water partition coefficient (Wildman–Crippen LogP) is 1.36. The monoisotopic (exact) mass is 250 g/mol. The average molecular weight is 250 g/mol. The van der Waals surface area contributed by atoms with Gasteiger partial charge in [0.2, 0.25) is 0 Å². The van der Waals surface area contributed by atoms with Crippen LogP contribution in [0.15, 0.2) is 24.5 Å². The highest BCUT2D eigenvalue weighted by atomic mass is 16.5. The number of carbonyl (C=O) groups is 1. The normalized spacial score (nSPS) is 24.9. The number of nitrogens with one attached hydrogen (secondary N) is 1. The van der Waals surface area contributed by atoms with Crippen LogP contribution in [0, 0.1) is 0 Å². The van der Waals surface area contributed by atoms with E-state index in [4.69, 9.17) is 9.84 Å². The largest absolute Gasteiger partial charge is 0.479 e. The topological polar surface area (TPSA) is 71.5 Å². The minimum atomic E-state index is -0.861. The molecular formula is C13H18N2O3. The molecule has 1 aliphatic heterocycles. The van der Waals surface area contributed by atoms with E-state index in [0.29, 0.717) is 13.0 Å². The van der Waals surface area contributed by atoms with Gasteiger partial charge in [0.25, 0.3) is 0 Å². The Kier molecular flexibility index (Phi) is 4.28. The molecule has 1 aromatic rings. The van der Waals surface area contributed by atoms with Crippen LogP contribution in [-0.4, -0.2) is 34.8 Å². The number of hydrogen-bond donors (Lipinski definition) is 2. The number of aromatic nitrogens is 1. The first-order valence-corrected chi connectivity index (χ1v) is 6.18. The number of carboxylic acid groups (broad SMARTS) is 1. The molecule has 2 rings (SSSR count). The van der Waals surface area contributed by atoms with Gasteiger partial charge in [0, 0.05) is 25.0 Å². The summed E-state index contributed by atoms with van der Waals surface area (Å²) in [5.74, 6) is -0.861. The quantitative estimate of drug-likeness (QED) is 0.825. The van der Waals surface area contributed by atoms with Crippen LogP contribution in [-0.2, 0) is 9.53 Å². The Morgan fingerprint density at radius 1 is 1.56 bits per heavy atom. The lowest BCUT2D eigenvalue weighted by Crippen LogP contribution is -2.30. The Morgan fingerprint density at radius 2 is 2.28 bits per heavy atom. The molecule has 5 heteroatoms. The van der Waals surface area contributed by atoms with Crippen LogP contribution in [0.1, 0.15) is 31.4 Å². The van der Waals surface area contributed by atoms with Crippen LogP contribution in [0.2, 0.25) is 0 Å². The SMILES string of the molecule is C[C@H](NCC1CCC(C(=O)O)O1)c1ccncc1. The zero-order valence-corrected chi connectivity index (χ0v) is 10.4. The summed E-state index contributed by atoms with van der Waals surface area (Å²) in [7, 11) is 0. The molecule has 1 aromatic heterocycles. The summed E-state index contributed by atoms with van der Waals surface area (Å²) in [4.78, 5) is 14.7. The number of nitrogens with zero attached hydrogens (tertiary/aromatic N) is 1. The molecule has 0 aromatic carbocycles. The van der Waals surface area contributed by atoms with E-state index in [1.54, 1.807) is 12.4 Å². The maximum atomic E-state index is 10.8. The van der Waals surface area contributed by atoms with Crippen LogP contribution in [0.3, 0.4) is 0 Å². The second kappa shape index (κ2) is 5.93. The van der Waals surface area contributed by atoms with E-state index in [1.807, 2.05) is 12.1 Å². The number of hydrogen-bond acceptors (Lipinski definition) is 4.